The first kappa shape index (κ1) is 19.5. The standard InChI is InChI=1S/C24H25F3N2O/c1-28-17-6-8-21(28)23-19-14-18(30-2)7-9-20(19)29(22(23)13-17)11-10-15-4-3-5-16(12-15)24(25,26)27/h3-5,7,9,12,14,17,21H,6,8,10-11,13H2,1-2H3/t17-,21+/m1/s1. The van der Waals surface area contributed by atoms with Crippen molar-refractivity contribution in [2.24, 2.45) is 0 Å². The molecular weight excluding hydrogens is 389 g/mol. The maximum absolute atomic E-state index is 13.1. The molecule has 0 saturated carbocycles. The maximum atomic E-state index is 13.1. The van der Waals surface area contributed by atoms with Crippen LogP contribution in [-0.4, -0.2) is 29.7 Å². The number of aromatic nitrogens is 1. The van der Waals surface area contributed by atoms with E-state index < -0.39 is 11.7 Å². The van der Waals surface area contributed by atoms with Gasteiger partial charge in [0.05, 0.1) is 12.7 Å². The fraction of sp³-hybridized carbons (Fsp3) is 0.417. The van der Waals surface area contributed by atoms with Gasteiger partial charge in [-0.05, 0) is 61.7 Å². The van der Waals surface area contributed by atoms with Crippen LogP contribution in [0, 0.1) is 0 Å². The quantitative estimate of drug-likeness (QED) is 0.553. The van der Waals surface area contributed by atoms with Crippen LogP contribution in [0.2, 0.25) is 0 Å². The van der Waals surface area contributed by atoms with E-state index in [1.807, 2.05) is 6.07 Å². The minimum atomic E-state index is -4.31. The van der Waals surface area contributed by atoms with Gasteiger partial charge in [-0.2, -0.15) is 13.2 Å². The van der Waals surface area contributed by atoms with Gasteiger partial charge in [-0.1, -0.05) is 18.2 Å². The molecule has 3 heterocycles. The van der Waals surface area contributed by atoms with Crippen LogP contribution in [0.25, 0.3) is 10.9 Å². The molecule has 3 nitrogen and oxygen atoms in total. The van der Waals surface area contributed by atoms with Gasteiger partial charge < -0.3 is 9.30 Å². The van der Waals surface area contributed by atoms with Crippen LogP contribution < -0.4 is 4.74 Å². The first-order chi connectivity index (χ1) is 14.4. The number of halogens is 3. The van der Waals surface area contributed by atoms with Crippen LogP contribution in [0.5, 0.6) is 5.75 Å². The lowest BCUT2D eigenvalue weighted by Gasteiger charge is -2.32. The van der Waals surface area contributed by atoms with E-state index in [1.165, 1.54) is 35.2 Å². The normalized spacial score (nSPS) is 21.2. The number of fused-ring (bicyclic) bond motifs is 6. The number of nitrogens with zero attached hydrogens (tertiary/aromatic N) is 2. The summed E-state index contributed by atoms with van der Waals surface area (Å²) in [5.74, 6) is 0.836. The summed E-state index contributed by atoms with van der Waals surface area (Å²) in [6.07, 6.45) is -0.415. The highest BCUT2D eigenvalue weighted by Gasteiger charge is 2.40. The minimum Gasteiger partial charge on any atom is -0.497 e. The lowest BCUT2D eigenvalue weighted by molar-refractivity contribution is -0.137. The first-order valence-electron chi connectivity index (χ1n) is 10.4. The number of methoxy groups -OCH3 is 1. The molecule has 1 aromatic heterocycles. The molecular formula is C24H25F3N2O. The Morgan fingerprint density at radius 1 is 1.10 bits per heavy atom. The average molecular weight is 414 g/mol. The van der Waals surface area contributed by atoms with Crippen molar-refractivity contribution in [3.05, 3.63) is 64.8 Å². The van der Waals surface area contributed by atoms with Gasteiger partial charge in [-0.25, -0.2) is 0 Å². The van der Waals surface area contributed by atoms with E-state index >= 15 is 0 Å². The number of hydrogen-bond acceptors (Lipinski definition) is 2. The molecule has 2 aliphatic rings. The molecule has 30 heavy (non-hydrogen) atoms. The summed E-state index contributed by atoms with van der Waals surface area (Å²) in [6.45, 7) is 0.669. The van der Waals surface area contributed by atoms with Crippen LogP contribution in [-0.2, 0) is 25.6 Å². The predicted octanol–water partition coefficient (Wildman–Crippen LogP) is 5.60. The summed E-state index contributed by atoms with van der Waals surface area (Å²) in [7, 11) is 3.88. The van der Waals surface area contributed by atoms with Gasteiger partial charge in [-0.3, -0.25) is 4.90 Å². The summed E-state index contributed by atoms with van der Waals surface area (Å²) >= 11 is 0. The molecule has 2 aliphatic heterocycles. The number of hydrogen-bond donors (Lipinski definition) is 0. The minimum absolute atomic E-state index is 0.406. The fourth-order valence-electron chi connectivity index (χ4n) is 5.36. The Morgan fingerprint density at radius 3 is 2.70 bits per heavy atom. The van der Waals surface area contributed by atoms with Crippen molar-refractivity contribution in [1.82, 2.24) is 9.47 Å². The number of benzene rings is 2. The zero-order chi connectivity index (χ0) is 21.0. The molecule has 2 atom stereocenters. The van der Waals surface area contributed by atoms with Gasteiger partial charge in [0.1, 0.15) is 5.75 Å². The summed E-state index contributed by atoms with van der Waals surface area (Å²) in [5, 5.41) is 1.21. The molecule has 0 unspecified atom stereocenters. The predicted molar refractivity (Wildman–Crippen MR) is 111 cm³/mol. The molecule has 5 rings (SSSR count). The fourth-order valence-corrected chi connectivity index (χ4v) is 5.36. The van der Waals surface area contributed by atoms with Gasteiger partial charge in [0.25, 0.3) is 0 Å². The van der Waals surface area contributed by atoms with Crippen molar-refractivity contribution < 1.29 is 17.9 Å². The van der Waals surface area contributed by atoms with Crippen LogP contribution in [0.3, 0.4) is 0 Å². The molecule has 2 bridgehead atoms. The molecule has 0 N–H and O–H groups in total. The van der Waals surface area contributed by atoms with E-state index in [2.05, 4.69) is 28.6 Å². The van der Waals surface area contributed by atoms with E-state index in [4.69, 9.17) is 4.74 Å². The summed E-state index contributed by atoms with van der Waals surface area (Å²) in [5.41, 5.74) is 4.00. The van der Waals surface area contributed by atoms with Gasteiger partial charge in [0.15, 0.2) is 0 Å². The highest BCUT2D eigenvalue weighted by Crippen LogP contribution is 2.47. The second-order valence-corrected chi connectivity index (χ2v) is 8.46. The van der Waals surface area contributed by atoms with E-state index in [0.29, 0.717) is 30.6 Å². The first-order valence-corrected chi connectivity index (χ1v) is 10.4. The topological polar surface area (TPSA) is 17.4 Å². The van der Waals surface area contributed by atoms with Crippen LogP contribution in [0.15, 0.2) is 42.5 Å². The Labute approximate surface area is 174 Å². The zero-order valence-corrected chi connectivity index (χ0v) is 17.2. The van der Waals surface area contributed by atoms with Crippen molar-refractivity contribution in [1.29, 1.82) is 0 Å². The number of aryl methyl sites for hydroxylation is 2. The lowest BCUT2D eigenvalue weighted by atomic mass is 9.97. The van der Waals surface area contributed by atoms with Crippen molar-refractivity contribution in [3.63, 3.8) is 0 Å². The molecule has 6 heteroatoms. The molecule has 0 amide bonds. The number of alkyl halides is 3. The van der Waals surface area contributed by atoms with Gasteiger partial charge >= 0.3 is 6.18 Å². The molecule has 2 aromatic carbocycles. The smallest absolute Gasteiger partial charge is 0.416 e. The molecule has 158 valence electrons. The van der Waals surface area contributed by atoms with E-state index in [-0.39, 0.29) is 0 Å². The van der Waals surface area contributed by atoms with E-state index in [9.17, 15) is 13.2 Å². The summed E-state index contributed by atoms with van der Waals surface area (Å²) in [4.78, 5) is 2.48. The second kappa shape index (κ2) is 7.05. The number of rotatable bonds is 4. The zero-order valence-electron chi connectivity index (χ0n) is 17.2. The average Bonchev–Trinajstić information content (AvgIpc) is 3.15. The molecule has 3 aromatic rings. The maximum Gasteiger partial charge on any atom is 0.416 e. The Hall–Kier alpha value is -2.47. The van der Waals surface area contributed by atoms with Crippen LogP contribution in [0.1, 0.15) is 41.3 Å². The van der Waals surface area contributed by atoms with Crippen LogP contribution >= 0.6 is 0 Å². The van der Waals surface area contributed by atoms with Crippen molar-refractivity contribution in [3.8, 4) is 5.75 Å². The third kappa shape index (κ3) is 3.09. The van der Waals surface area contributed by atoms with Crippen molar-refractivity contribution in [2.45, 2.75) is 50.5 Å². The molecule has 1 fully saturated rings. The highest BCUT2D eigenvalue weighted by atomic mass is 19.4. The third-order valence-corrected chi connectivity index (χ3v) is 6.90. The lowest BCUT2D eigenvalue weighted by Crippen LogP contribution is -2.34. The SMILES string of the molecule is COc1ccc2c(c1)c1c(n2CCc2cccc(C(F)(F)F)c2)C[C@H]2CC[C@@H]1N2C. The van der Waals surface area contributed by atoms with Crippen molar-refractivity contribution in [2.75, 3.05) is 14.2 Å². The monoisotopic (exact) mass is 414 g/mol. The van der Waals surface area contributed by atoms with Crippen LogP contribution in [0.4, 0.5) is 13.2 Å². The van der Waals surface area contributed by atoms with Gasteiger partial charge in [-0.15, -0.1) is 0 Å². The largest absolute Gasteiger partial charge is 0.497 e. The Kier molecular flexibility index (Phi) is 4.58. The summed E-state index contributed by atoms with van der Waals surface area (Å²) in [6, 6.07) is 12.8. The molecule has 0 aliphatic carbocycles. The highest BCUT2D eigenvalue weighted by molar-refractivity contribution is 5.88. The Bertz CT molecular complexity index is 1100. The third-order valence-electron chi connectivity index (χ3n) is 6.90. The second-order valence-electron chi connectivity index (χ2n) is 8.46. The van der Waals surface area contributed by atoms with E-state index in [0.717, 1.165) is 30.2 Å². The molecule has 0 radical (unpaired) electrons. The Balaban J connectivity index is 1.55. The number of ether oxygens (including phenoxy) is 1. The van der Waals surface area contributed by atoms with Gasteiger partial charge in [0.2, 0.25) is 0 Å². The molecule has 1 saturated heterocycles. The summed E-state index contributed by atoms with van der Waals surface area (Å²) < 4.78 is 47.1. The number of likely N-dealkylation sites (N-methyl/N-ethyl adjacent to an activating group) is 1. The van der Waals surface area contributed by atoms with E-state index in [1.54, 1.807) is 13.2 Å². The molecule has 0 spiro atoms. The van der Waals surface area contributed by atoms with Crippen molar-refractivity contribution >= 4 is 10.9 Å². The Morgan fingerprint density at radius 2 is 1.93 bits per heavy atom. The van der Waals surface area contributed by atoms with Gasteiger partial charge in [0, 0.05) is 41.6 Å².